The first kappa shape index (κ1) is 18.9. The maximum absolute atomic E-state index is 12.3. The fraction of sp³-hybridized carbons (Fsp3) is 0.588. The summed E-state index contributed by atoms with van der Waals surface area (Å²) in [5.41, 5.74) is 7.77. The van der Waals surface area contributed by atoms with Gasteiger partial charge in [-0.15, -0.1) is 12.4 Å². The van der Waals surface area contributed by atoms with Gasteiger partial charge in [-0.3, -0.25) is 4.79 Å². The summed E-state index contributed by atoms with van der Waals surface area (Å²) in [6, 6.07) is 8.19. The molecule has 124 valence electrons. The van der Waals surface area contributed by atoms with Gasteiger partial charge in [0.25, 0.3) is 0 Å². The van der Waals surface area contributed by atoms with Crippen LogP contribution in [0.5, 0.6) is 0 Å². The smallest absolute Gasteiger partial charge is 0.226 e. The van der Waals surface area contributed by atoms with Crippen molar-refractivity contribution in [2.75, 3.05) is 26.2 Å². The molecule has 0 radical (unpaired) electrons. The molecule has 1 aliphatic rings. The van der Waals surface area contributed by atoms with Crippen LogP contribution in [0.15, 0.2) is 24.3 Å². The molecule has 0 saturated carbocycles. The topological polar surface area (TPSA) is 55.6 Å². The van der Waals surface area contributed by atoms with Crippen molar-refractivity contribution in [2.45, 2.75) is 38.7 Å². The van der Waals surface area contributed by atoms with Crippen molar-refractivity contribution < 1.29 is 9.53 Å². The highest BCUT2D eigenvalue weighted by Crippen LogP contribution is 2.15. The van der Waals surface area contributed by atoms with Gasteiger partial charge < -0.3 is 15.4 Å². The third-order valence-electron chi connectivity index (χ3n) is 3.97. The molecule has 0 atom stereocenters. The molecule has 1 heterocycles. The molecule has 1 aromatic carbocycles. The van der Waals surface area contributed by atoms with Crippen molar-refractivity contribution in [3.63, 3.8) is 0 Å². The normalized spacial score (nSPS) is 15.5. The second-order valence-electron chi connectivity index (χ2n) is 5.76. The molecule has 4 nitrogen and oxygen atoms in total. The van der Waals surface area contributed by atoms with E-state index in [9.17, 15) is 4.79 Å². The molecule has 22 heavy (non-hydrogen) atoms. The number of amides is 1. The summed E-state index contributed by atoms with van der Waals surface area (Å²) in [7, 11) is 0. The van der Waals surface area contributed by atoms with Crippen molar-refractivity contribution in [3.05, 3.63) is 35.4 Å². The predicted octanol–water partition coefficient (Wildman–Crippen LogP) is 2.32. The molecule has 5 heteroatoms. The van der Waals surface area contributed by atoms with Crippen molar-refractivity contribution in [1.82, 2.24) is 4.90 Å². The zero-order chi connectivity index (χ0) is 15.1. The second kappa shape index (κ2) is 9.82. The molecule has 1 aromatic rings. The highest BCUT2D eigenvalue weighted by atomic mass is 35.5. The number of aryl methyl sites for hydroxylation is 1. The molecule has 0 aliphatic carbocycles. The van der Waals surface area contributed by atoms with E-state index in [1.165, 1.54) is 5.56 Å². The molecule has 2 rings (SSSR count). The quantitative estimate of drug-likeness (QED) is 0.816. The number of nitrogens with two attached hydrogens (primary N) is 1. The number of ether oxygens (including phenoxy) is 1. The van der Waals surface area contributed by atoms with E-state index in [0.29, 0.717) is 19.1 Å². The molecule has 1 fully saturated rings. The van der Waals surface area contributed by atoms with Crippen LogP contribution in [0.1, 0.15) is 30.4 Å². The molecular formula is C17H27ClN2O2. The number of hydrogen-bond donors (Lipinski definition) is 1. The number of nitrogens with zero attached hydrogens (tertiary/aromatic N) is 1. The number of rotatable bonds is 6. The third kappa shape index (κ3) is 5.95. The van der Waals surface area contributed by atoms with Crippen LogP contribution in [-0.4, -0.2) is 43.2 Å². The molecular weight excluding hydrogens is 300 g/mol. The zero-order valence-corrected chi connectivity index (χ0v) is 14.1. The first-order valence-electron chi connectivity index (χ1n) is 7.84. The summed E-state index contributed by atoms with van der Waals surface area (Å²) in [4.78, 5) is 14.2. The van der Waals surface area contributed by atoms with Crippen LogP contribution in [0.2, 0.25) is 0 Å². The summed E-state index contributed by atoms with van der Waals surface area (Å²) in [5, 5.41) is 0. The Morgan fingerprint density at radius 2 is 1.91 bits per heavy atom. The van der Waals surface area contributed by atoms with E-state index < -0.39 is 0 Å². The fourth-order valence-electron chi connectivity index (χ4n) is 2.60. The summed E-state index contributed by atoms with van der Waals surface area (Å²) in [6.45, 7) is 5.07. The minimum atomic E-state index is 0. The molecule has 1 saturated heterocycles. The lowest BCUT2D eigenvalue weighted by Crippen LogP contribution is -2.41. The van der Waals surface area contributed by atoms with Crippen LogP contribution in [-0.2, 0) is 16.0 Å². The second-order valence-corrected chi connectivity index (χ2v) is 5.76. The first-order chi connectivity index (χ1) is 10.2. The van der Waals surface area contributed by atoms with Crippen LogP contribution in [0, 0.1) is 6.92 Å². The van der Waals surface area contributed by atoms with Gasteiger partial charge in [0.15, 0.2) is 0 Å². The van der Waals surface area contributed by atoms with E-state index in [-0.39, 0.29) is 18.3 Å². The van der Waals surface area contributed by atoms with E-state index >= 15 is 0 Å². The first-order valence-corrected chi connectivity index (χ1v) is 7.84. The van der Waals surface area contributed by atoms with Gasteiger partial charge in [-0.2, -0.15) is 0 Å². The molecule has 0 aromatic heterocycles. The van der Waals surface area contributed by atoms with E-state index in [2.05, 4.69) is 19.1 Å². The average molecular weight is 327 g/mol. The fourth-order valence-corrected chi connectivity index (χ4v) is 2.60. The molecule has 0 bridgehead atoms. The Balaban J connectivity index is 0.00000242. The maximum Gasteiger partial charge on any atom is 0.226 e. The van der Waals surface area contributed by atoms with E-state index in [1.54, 1.807) is 0 Å². The standard InChI is InChI=1S/C17H26N2O2.ClH/c1-14-3-5-15(6-4-14)13-17(20)19-10-7-16(8-11-19)21-12-2-9-18;/h3-6,16H,2,7-13,18H2,1H3;1H. The Labute approximate surface area is 139 Å². The van der Waals surface area contributed by atoms with E-state index in [1.807, 2.05) is 17.0 Å². The van der Waals surface area contributed by atoms with Crippen molar-refractivity contribution in [1.29, 1.82) is 0 Å². The Morgan fingerprint density at radius 1 is 1.27 bits per heavy atom. The number of benzene rings is 1. The molecule has 0 unspecified atom stereocenters. The van der Waals surface area contributed by atoms with Crippen LogP contribution in [0.3, 0.4) is 0 Å². The Kier molecular flexibility index (Phi) is 8.46. The summed E-state index contributed by atoms with van der Waals surface area (Å²) >= 11 is 0. The van der Waals surface area contributed by atoms with Crippen molar-refractivity contribution in [2.24, 2.45) is 5.73 Å². The van der Waals surface area contributed by atoms with Gasteiger partial charge in [0.05, 0.1) is 12.5 Å². The number of likely N-dealkylation sites (tertiary alicyclic amines) is 1. The highest BCUT2D eigenvalue weighted by molar-refractivity contribution is 5.85. The highest BCUT2D eigenvalue weighted by Gasteiger charge is 2.22. The van der Waals surface area contributed by atoms with Gasteiger partial charge >= 0.3 is 0 Å². The van der Waals surface area contributed by atoms with Gasteiger partial charge in [0.2, 0.25) is 5.91 Å². The monoisotopic (exact) mass is 326 g/mol. The molecule has 2 N–H and O–H groups in total. The Morgan fingerprint density at radius 3 is 2.50 bits per heavy atom. The molecule has 1 amide bonds. The van der Waals surface area contributed by atoms with Gasteiger partial charge in [-0.05, 0) is 38.3 Å². The predicted molar refractivity (Wildman–Crippen MR) is 91.4 cm³/mol. The Bertz CT molecular complexity index is 442. The van der Waals surface area contributed by atoms with Gasteiger partial charge in [0, 0.05) is 19.7 Å². The minimum Gasteiger partial charge on any atom is -0.378 e. The third-order valence-corrected chi connectivity index (χ3v) is 3.97. The van der Waals surface area contributed by atoms with Crippen LogP contribution in [0.4, 0.5) is 0 Å². The van der Waals surface area contributed by atoms with Crippen LogP contribution < -0.4 is 5.73 Å². The summed E-state index contributed by atoms with van der Waals surface area (Å²) in [6.07, 6.45) is 3.57. The van der Waals surface area contributed by atoms with E-state index in [0.717, 1.165) is 44.5 Å². The Hall–Kier alpha value is -1.10. The van der Waals surface area contributed by atoms with Crippen LogP contribution >= 0.6 is 12.4 Å². The molecule has 1 aliphatic heterocycles. The lowest BCUT2D eigenvalue weighted by Gasteiger charge is -2.32. The van der Waals surface area contributed by atoms with Gasteiger partial charge in [-0.1, -0.05) is 29.8 Å². The van der Waals surface area contributed by atoms with Crippen LogP contribution in [0.25, 0.3) is 0 Å². The lowest BCUT2D eigenvalue weighted by atomic mass is 10.1. The number of hydrogen-bond acceptors (Lipinski definition) is 3. The van der Waals surface area contributed by atoms with Crippen molar-refractivity contribution in [3.8, 4) is 0 Å². The van der Waals surface area contributed by atoms with Gasteiger partial charge in [0.1, 0.15) is 0 Å². The minimum absolute atomic E-state index is 0. The lowest BCUT2D eigenvalue weighted by molar-refractivity contribution is -0.133. The van der Waals surface area contributed by atoms with Gasteiger partial charge in [-0.25, -0.2) is 0 Å². The number of carbonyl (C=O) groups is 1. The zero-order valence-electron chi connectivity index (χ0n) is 13.3. The average Bonchev–Trinajstić information content (AvgIpc) is 2.50. The molecule has 0 spiro atoms. The summed E-state index contributed by atoms with van der Waals surface area (Å²) in [5.74, 6) is 0.222. The number of carbonyl (C=O) groups excluding carboxylic acids is 1. The number of piperidine rings is 1. The largest absolute Gasteiger partial charge is 0.378 e. The van der Waals surface area contributed by atoms with E-state index in [4.69, 9.17) is 10.5 Å². The summed E-state index contributed by atoms with van der Waals surface area (Å²) < 4.78 is 5.76. The number of halogens is 1. The van der Waals surface area contributed by atoms with Crippen molar-refractivity contribution >= 4 is 18.3 Å². The SMILES string of the molecule is Cc1ccc(CC(=O)N2CCC(OCCCN)CC2)cc1.Cl. The maximum atomic E-state index is 12.3.